The zero-order chi connectivity index (χ0) is 18.7. The van der Waals surface area contributed by atoms with Gasteiger partial charge in [0.25, 0.3) is 5.91 Å². The molecule has 3 aromatic rings. The topological polar surface area (TPSA) is 46.9 Å². The molecule has 0 aliphatic rings. The molecule has 0 bridgehead atoms. The van der Waals surface area contributed by atoms with Crippen molar-refractivity contribution in [1.29, 1.82) is 0 Å². The van der Waals surface area contributed by atoms with Crippen LogP contribution in [0, 0.1) is 5.82 Å². The molecule has 0 saturated heterocycles. The van der Waals surface area contributed by atoms with E-state index in [1.54, 1.807) is 12.1 Å². The van der Waals surface area contributed by atoms with E-state index in [0.717, 1.165) is 17.7 Å². The van der Waals surface area contributed by atoms with Crippen molar-refractivity contribution in [2.24, 2.45) is 0 Å². The Bertz CT molecular complexity index is 917. The average Bonchev–Trinajstić information content (AvgIpc) is 3.03. The first-order valence-electron chi connectivity index (χ1n) is 7.57. The summed E-state index contributed by atoms with van der Waals surface area (Å²) in [6.45, 7) is 0.361. The van der Waals surface area contributed by atoms with Crippen LogP contribution < -0.4 is 5.32 Å². The maximum Gasteiger partial charge on any atom is 0.416 e. The van der Waals surface area contributed by atoms with Gasteiger partial charge in [0.15, 0.2) is 0 Å². The van der Waals surface area contributed by atoms with Crippen molar-refractivity contribution >= 4 is 11.6 Å². The van der Waals surface area contributed by atoms with E-state index < -0.39 is 17.6 Å². The molecule has 8 heteroatoms. The largest absolute Gasteiger partial charge is 0.416 e. The molecule has 0 saturated carbocycles. The molecule has 0 atom stereocenters. The van der Waals surface area contributed by atoms with Gasteiger partial charge in [-0.1, -0.05) is 18.2 Å². The van der Waals surface area contributed by atoms with E-state index in [1.165, 1.54) is 41.3 Å². The molecular formula is C18H13F4N3O. The number of hydrogen-bond donors (Lipinski definition) is 1. The molecule has 0 fully saturated rings. The summed E-state index contributed by atoms with van der Waals surface area (Å²) < 4.78 is 52.6. The molecule has 26 heavy (non-hydrogen) atoms. The predicted molar refractivity (Wildman–Crippen MR) is 87.1 cm³/mol. The first kappa shape index (κ1) is 17.7. The van der Waals surface area contributed by atoms with Crippen LogP contribution in [0.25, 0.3) is 0 Å². The molecule has 1 N–H and O–H groups in total. The van der Waals surface area contributed by atoms with E-state index in [1.807, 2.05) is 0 Å². The van der Waals surface area contributed by atoms with Crippen LogP contribution in [0.4, 0.5) is 23.2 Å². The van der Waals surface area contributed by atoms with E-state index in [-0.39, 0.29) is 11.4 Å². The van der Waals surface area contributed by atoms with Gasteiger partial charge >= 0.3 is 6.18 Å². The molecule has 3 rings (SSSR count). The second kappa shape index (κ2) is 6.99. The summed E-state index contributed by atoms with van der Waals surface area (Å²) >= 11 is 0. The Labute approximate surface area is 146 Å². The molecule has 4 nitrogen and oxygen atoms in total. The number of alkyl halides is 3. The van der Waals surface area contributed by atoms with Gasteiger partial charge in [0.2, 0.25) is 0 Å². The minimum absolute atomic E-state index is 0.105. The number of amides is 1. The van der Waals surface area contributed by atoms with Gasteiger partial charge in [0.1, 0.15) is 5.82 Å². The van der Waals surface area contributed by atoms with Crippen molar-refractivity contribution in [2.45, 2.75) is 12.7 Å². The molecule has 1 amide bonds. The minimum Gasteiger partial charge on any atom is -0.319 e. The summed E-state index contributed by atoms with van der Waals surface area (Å²) in [5, 5.41) is 6.57. The monoisotopic (exact) mass is 363 g/mol. The Morgan fingerprint density at radius 1 is 1.12 bits per heavy atom. The zero-order valence-electron chi connectivity index (χ0n) is 13.3. The summed E-state index contributed by atoms with van der Waals surface area (Å²) in [7, 11) is 0. The lowest BCUT2D eigenvalue weighted by Crippen LogP contribution is -2.13. The van der Waals surface area contributed by atoms with Crippen molar-refractivity contribution < 1.29 is 22.4 Å². The van der Waals surface area contributed by atoms with Crippen LogP contribution in [0.1, 0.15) is 21.5 Å². The van der Waals surface area contributed by atoms with Crippen LogP contribution in [-0.4, -0.2) is 15.7 Å². The van der Waals surface area contributed by atoms with Crippen LogP contribution in [-0.2, 0) is 12.7 Å². The molecule has 2 aromatic carbocycles. The highest BCUT2D eigenvalue weighted by Gasteiger charge is 2.30. The number of benzene rings is 2. The van der Waals surface area contributed by atoms with Crippen LogP contribution in [0.2, 0.25) is 0 Å². The zero-order valence-corrected chi connectivity index (χ0v) is 13.3. The highest BCUT2D eigenvalue weighted by molar-refractivity contribution is 6.04. The number of rotatable bonds is 4. The lowest BCUT2D eigenvalue weighted by Gasteiger charge is -2.08. The fourth-order valence-electron chi connectivity index (χ4n) is 2.33. The second-order valence-corrected chi connectivity index (χ2v) is 5.59. The fourth-order valence-corrected chi connectivity index (χ4v) is 2.33. The van der Waals surface area contributed by atoms with Gasteiger partial charge in [-0.2, -0.15) is 18.3 Å². The normalized spacial score (nSPS) is 11.4. The second-order valence-electron chi connectivity index (χ2n) is 5.59. The van der Waals surface area contributed by atoms with Gasteiger partial charge in [0.05, 0.1) is 24.0 Å². The fraction of sp³-hybridized carbons (Fsp3) is 0.111. The number of carbonyl (C=O) groups excluding carboxylic acids is 1. The van der Waals surface area contributed by atoms with E-state index in [2.05, 4.69) is 10.4 Å². The molecular weight excluding hydrogens is 350 g/mol. The third-order valence-corrected chi connectivity index (χ3v) is 3.60. The van der Waals surface area contributed by atoms with Crippen LogP contribution in [0.3, 0.4) is 0 Å². The lowest BCUT2D eigenvalue weighted by molar-refractivity contribution is -0.137. The van der Waals surface area contributed by atoms with Crippen LogP contribution in [0.5, 0.6) is 0 Å². The van der Waals surface area contributed by atoms with E-state index >= 15 is 0 Å². The standard InChI is InChI=1S/C18H13F4N3O/c19-15-6-4-12(5-7-15)10-25-11-16(9-23-25)24-17(26)13-2-1-3-14(8-13)18(20,21)22/h1-9,11H,10H2,(H,24,26). The van der Waals surface area contributed by atoms with Crippen LogP contribution >= 0.6 is 0 Å². The van der Waals surface area contributed by atoms with E-state index in [0.29, 0.717) is 12.2 Å². The maximum atomic E-state index is 12.9. The number of anilines is 1. The molecule has 134 valence electrons. The SMILES string of the molecule is O=C(Nc1cnn(Cc2ccc(F)cc2)c1)c1cccc(C(F)(F)F)c1. The van der Waals surface area contributed by atoms with E-state index in [4.69, 9.17) is 0 Å². The van der Waals surface area contributed by atoms with Gasteiger partial charge in [-0.05, 0) is 35.9 Å². The minimum atomic E-state index is -4.52. The van der Waals surface area contributed by atoms with Crippen LogP contribution in [0.15, 0.2) is 60.9 Å². The van der Waals surface area contributed by atoms with Crippen molar-refractivity contribution in [3.05, 3.63) is 83.4 Å². The number of nitrogens with zero attached hydrogens (tertiary/aromatic N) is 2. The summed E-state index contributed by atoms with van der Waals surface area (Å²) in [6, 6.07) is 10.0. The molecule has 0 radical (unpaired) electrons. The molecule has 0 aliphatic heterocycles. The maximum absolute atomic E-state index is 12.9. The van der Waals surface area contributed by atoms with Gasteiger partial charge in [0, 0.05) is 11.8 Å². The first-order valence-corrected chi connectivity index (χ1v) is 7.57. The Morgan fingerprint density at radius 2 is 1.85 bits per heavy atom. The van der Waals surface area contributed by atoms with Gasteiger partial charge in [-0.25, -0.2) is 4.39 Å². The first-order chi connectivity index (χ1) is 12.3. The Balaban J connectivity index is 1.69. The number of halogens is 4. The summed E-state index contributed by atoms with van der Waals surface area (Å²) in [5.74, 6) is -1.01. The summed E-state index contributed by atoms with van der Waals surface area (Å²) in [6.07, 6.45) is -1.60. The van der Waals surface area contributed by atoms with E-state index in [9.17, 15) is 22.4 Å². The van der Waals surface area contributed by atoms with Gasteiger partial charge in [-0.3, -0.25) is 9.48 Å². The molecule has 1 heterocycles. The molecule has 0 spiro atoms. The highest BCUT2D eigenvalue weighted by Crippen LogP contribution is 2.29. The molecule has 1 aromatic heterocycles. The number of hydrogen-bond acceptors (Lipinski definition) is 2. The van der Waals surface area contributed by atoms with Gasteiger partial charge in [-0.15, -0.1) is 0 Å². The average molecular weight is 363 g/mol. The van der Waals surface area contributed by atoms with Crippen molar-refractivity contribution in [1.82, 2.24) is 9.78 Å². The predicted octanol–water partition coefficient (Wildman–Crippen LogP) is 4.34. The quantitative estimate of drug-likeness (QED) is 0.701. The van der Waals surface area contributed by atoms with Gasteiger partial charge < -0.3 is 5.32 Å². The number of aromatic nitrogens is 2. The number of nitrogens with one attached hydrogen (secondary N) is 1. The third kappa shape index (κ3) is 4.27. The summed E-state index contributed by atoms with van der Waals surface area (Å²) in [4.78, 5) is 12.1. The van der Waals surface area contributed by atoms with Crippen molar-refractivity contribution in [2.75, 3.05) is 5.32 Å². The molecule has 0 aliphatic carbocycles. The molecule has 0 unspecified atom stereocenters. The number of carbonyl (C=O) groups is 1. The highest BCUT2D eigenvalue weighted by atomic mass is 19.4. The van der Waals surface area contributed by atoms with Crippen molar-refractivity contribution in [3.8, 4) is 0 Å². The Morgan fingerprint density at radius 3 is 2.54 bits per heavy atom. The smallest absolute Gasteiger partial charge is 0.319 e. The van der Waals surface area contributed by atoms with Crippen molar-refractivity contribution in [3.63, 3.8) is 0 Å². The lowest BCUT2D eigenvalue weighted by atomic mass is 10.1. The Hall–Kier alpha value is -3.16. The third-order valence-electron chi connectivity index (χ3n) is 3.60. The Kier molecular flexibility index (Phi) is 4.75. The summed E-state index contributed by atoms with van der Waals surface area (Å²) in [5.41, 5.74) is 0.156.